The molecule has 6 nitrogen and oxygen atoms in total. The van der Waals surface area contributed by atoms with Crippen molar-refractivity contribution in [1.29, 1.82) is 0 Å². The van der Waals surface area contributed by atoms with Crippen LogP contribution < -0.4 is 4.72 Å². The molecule has 1 N–H and O–H groups in total. The fourth-order valence-electron chi connectivity index (χ4n) is 2.52. The normalized spacial score (nSPS) is 13.8. The van der Waals surface area contributed by atoms with Crippen LogP contribution in [0.5, 0.6) is 0 Å². The second-order valence-corrected chi connectivity index (χ2v) is 7.52. The minimum atomic E-state index is -3.81. The highest BCUT2D eigenvalue weighted by Gasteiger charge is 2.43. The van der Waals surface area contributed by atoms with Gasteiger partial charge in [0.05, 0.1) is 18.0 Å². The Morgan fingerprint density at radius 1 is 1.08 bits per heavy atom. The summed E-state index contributed by atoms with van der Waals surface area (Å²) in [6.45, 7) is 3.42. The van der Waals surface area contributed by atoms with E-state index in [0.717, 1.165) is 5.56 Å². The van der Waals surface area contributed by atoms with Crippen LogP contribution >= 0.6 is 0 Å². The van der Waals surface area contributed by atoms with E-state index in [1.807, 2.05) is 6.92 Å². The molecule has 140 valence electrons. The van der Waals surface area contributed by atoms with Gasteiger partial charge in [-0.25, -0.2) is 17.9 Å². The first-order chi connectivity index (χ1) is 12.4. The van der Waals surface area contributed by atoms with Gasteiger partial charge in [0, 0.05) is 7.11 Å². The molecule has 0 amide bonds. The summed E-state index contributed by atoms with van der Waals surface area (Å²) in [6.07, 6.45) is 0. The van der Waals surface area contributed by atoms with Gasteiger partial charge in [-0.2, -0.15) is 0 Å². The Bertz CT molecular complexity index is 834. The Morgan fingerprint density at radius 2 is 1.69 bits per heavy atom. The molecule has 0 saturated carbocycles. The lowest BCUT2D eigenvalue weighted by Crippen LogP contribution is -2.49. The molecule has 0 aliphatic carbocycles. The Hall–Kier alpha value is -2.22. The summed E-state index contributed by atoms with van der Waals surface area (Å²) in [5, 5.41) is 0. The smallest absolute Gasteiger partial charge is 0.344 e. The number of methoxy groups -OCH3 is 1. The Labute approximate surface area is 154 Å². The predicted molar refractivity (Wildman–Crippen MR) is 98.1 cm³/mol. The zero-order chi connectivity index (χ0) is 19.2. The summed E-state index contributed by atoms with van der Waals surface area (Å²) < 4.78 is 38.3. The summed E-state index contributed by atoms with van der Waals surface area (Å²) in [5.74, 6) is -0.652. The number of sulfonamides is 1. The highest BCUT2D eigenvalue weighted by Crippen LogP contribution is 2.27. The van der Waals surface area contributed by atoms with E-state index in [2.05, 4.69) is 4.72 Å². The molecular weight excluding hydrogens is 354 g/mol. The number of nitrogens with one attached hydrogen (secondary N) is 1. The van der Waals surface area contributed by atoms with Crippen molar-refractivity contribution in [3.63, 3.8) is 0 Å². The first-order valence-corrected chi connectivity index (χ1v) is 9.68. The van der Waals surface area contributed by atoms with Gasteiger partial charge in [-0.15, -0.1) is 0 Å². The standard InChI is InChI=1S/C19H23NO5S/c1-4-25-18(21)19(24-3,16-8-6-5-7-9-16)14-20-26(22,23)17-12-10-15(2)11-13-17/h5-13,20H,4,14H2,1-3H3. The molecule has 0 fully saturated rings. The van der Waals surface area contributed by atoms with E-state index in [9.17, 15) is 13.2 Å². The summed E-state index contributed by atoms with van der Waals surface area (Å²) in [4.78, 5) is 12.7. The summed E-state index contributed by atoms with van der Waals surface area (Å²) >= 11 is 0. The summed E-state index contributed by atoms with van der Waals surface area (Å²) in [5.41, 5.74) is -0.117. The van der Waals surface area contributed by atoms with Crippen LogP contribution in [-0.2, 0) is 29.9 Å². The minimum absolute atomic E-state index is 0.116. The average Bonchev–Trinajstić information content (AvgIpc) is 2.64. The molecule has 26 heavy (non-hydrogen) atoms. The van der Waals surface area contributed by atoms with Crippen molar-refractivity contribution in [2.45, 2.75) is 24.3 Å². The van der Waals surface area contributed by atoms with Crippen LogP contribution in [0.4, 0.5) is 0 Å². The van der Waals surface area contributed by atoms with Crippen LogP contribution in [0, 0.1) is 6.92 Å². The highest BCUT2D eigenvalue weighted by atomic mass is 32.2. The Morgan fingerprint density at radius 3 is 2.23 bits per heavy atom. The maximum absolute atomic E-state index is 12.6. The number of hydrogen-bond donors (Lipinski definition) is 1. The number of esters is 1. The van der Waals surface area contributed by atoms with E-state index in [4.69, 9.17) is 9.47 Å². The molecule has 1 atom stereocenters. The number of carbonyl (C=O) groups is 1. The van der Waals surface area contributed by atoms with Gasteiger partial charge >= 0.3 is 5.97 Å². The van der Waals surface area contributed by atoms with E-state index in [0.29, 0.717) is 5.56 Å². The van der Waals surface area contributed by atoms with Crippen molar-refractivity contribution < 1.29 is 22.7 Å². The quantitative estimate of drug-likeness (QED) is 0.715. The number of aryl methyl sites for hydroxylation is 1. The molecule has 2 aromatic carbocycles. The largest absolute Gasteiger partial charge is 0.464 e. The molecule has 2 aromatic rings. The van der Waals surface area contributed by atoms with Crippen LogP contribution in [0.15, 0.2) is 59.5 Å². The van der Waals surface area contributed by atoms with E-state index in [1.165, 1.54) is 19.2 Å². The topological polar surface area (TPSA) is 81.7 Å². The number of ether oxygens (including phenoxy) is 2. The molecular formula is C19H23NO5S. The lowest BCUT2D eigenvalue weighted by atomic mass is 9.93. The van der Waals surface area contributed by atoms with Crippen molar-refractivity contribution >= 4 is 16.0 Å². The van der Waals surface area contributed by atoms with Gasteiger partial charge in [0.25, 0.3) is 0 Å². The summed E-state index contributed by atoms with van der Waals surface area (Å²) in [7, 11) is -2.46. The molecule has 0 aliphatic heterocycles. The van der Waals surface area contributed by atoms with Crippen molar-refractivity contribution in [2.75, 3.05) is 20.3 Å². The third-order valence-corrected chi connectivity index (χ3v) is 5.45. The second kappa shape index (κ2) is 8.44. The second-order valence-electron chi connectivity index (χ2n) is 5.76. The average molecular weight is 377 g/mol. The van der Waals surface area contributed by atoms with Gasteiger partial charge in [0.2, 0.25) is 15.6 Å². The number of hydrogen-bond acceptors (Lipinski definition) is 5. The van der Waals surface area contributed by atoms with Crippen molar-refractivity contribution in [2.24, 2.45) is 0 Å². The molecule has 0 spiro atoms. The van der Waals surface area contributed by atoms with E-state index in [-0.39, 0.29) is 18.0 Å². The van der Waals surface area contributed by atoms with Crippen LogP contribution in [0.2, 0.25) is 0 Å². The van der Waals surface area contributed by atoms with Crippen LogP contribution in [-0.4, -0.2) is 34.6 Å². The number of rotatable bonds is 8. The van der Waals surface area contributed by atoms with Gasteiger partial charge in [0.15, 0.2) is 0 Å². The molecule has 7 heteroatoms. The maximum Gasteiger partial charge on any atom is 0.344 e. The van der Waals surface area contributed by atoms with Gasteiger partial charge < -0.3 is 9.47 Å². The molecule has 0 saturated heterocycles. The molecule has 0 aliphatic rings. The summed E-state index contributed by atoms with van der Waals surface area (Å²) in [6, 6.07) is 15.1. The van der Waals surface area contributed by atoms with Crippen LogP contribution in [0.1, 0.15) is 18.1 Å². The molecule has 0 radical (unpaired) electrons. The number of benzene rings is 2. The molecule has 0 heterocycles. The van der Waals surface area contributed by atoms with E-state index < -0.39 is 21.6 Å². The molecule has 2 rings (SSSR count). The third kappa shape index (κ3) is 4.30. The SMILES string of the molecule is CCOC(=O)C(CNS(=O)(=O)c1ccc(C)cc1)(OC)c1ccccc1. The zero-order valence-electron chi connectivity index (χ0n) is 15.1. The molecule has 1 unspecified atom stereocenters. The fraction of sp³-hybridized carbons (Fsp3) is 0.316. The minimum Gasteiger partial charge on any atom is -0.464 e. The van der Waals surface area contributed by atoms with Crippen molar-refractivity contribution in [3.8, 4) is 0 Å². The Kier molecular flexibility index (Phi) is 6.52. The highest BCUT2D eigenvalue weighted by molar-refractivity contribution is 7.89. The molecule has 0 bridgehead atoms. The first kappa shape index (κ1) is 20.1. The fourth-order valence-corrected chi connectivity index (χ4v) is 3.57. The lowest BCUT2D eigenvalue weighted by molar-refractivity contribution is -0.169. The molecule has 0 aromatic heterocycles. The Balaban J connectivity index is 2.35. The van der Waals surface area contributed by atoms with Crippen LogP contribution in [0.3, 0.4) is 0 Å². The van der Waals surface area contributed by atoms with Gasteiger partial charge in [-0.3, -0.25) is 0 Å². The van der Waals surface area contributed by atoms with Gasteiger partial charge in [-0.1, -0.05) is 48.0 Å². The van der Waals surface area contributed by atoms with Crippen LogP contribution in [0.25, 0.3) is 0 Å². The number of carbonyl (C=O) groups excluding carboxylic acids is 1. The van der Waals surface area contributed by atoms with Crippen molar-refractivity contribution in [1.82, 2.24) is 4.72 Å². The van der Waals surface area contributed by atoms with Gasteiger partial charge in [0.1, 0.15) is 0 Å². The van der Waals surface area contributed by atoms with Gasteiger partial charge in [-0.05, 0) is 31.5 Å². The maximum atomic E-state index is 12.6. The lowest BCUT2D eigenvalue weighted by Gasteiger charge is -2.30. The predicted octanol–water partition coefficient (Wildman–Crippen LogP) is 2.38. The monoisotopic (exact) mass is 377 g/mol. The third-order valence-electron chi connectivity index (χ3n) is 4.04. The van der Waals surface area contributed by atoms with Crippen molar-refractivity contribution in [3.05, 3.63) is 65.7 Å². The van der Waals surface area contributed by atoms with E-state index in [1.54, 1.807) is 49.4 Å². The first-order valence-electron chi connectivity index (χ1n) is 8.20. The van der Waals surface area contributed by atoms with E-state index >= 15 is 0 Å². The zero-order valence-corrected chi connectivity index (χ0v) is 15.9.